The lowest BCUT2D eigenvalue weighted by Gasteiger charge is -2.12. The van der Waals surface area contributed by atoms with E-state index >= 15 is 0 Å². The minimum Gasteiger partial charge on any atom is -0.383 e. The first-order valence-electron chi connectivity index (χ1n) is 9.21. The monoisotopic (exact) mass is 405 g/mol. The third-order valence-electron chi connectivity index (χ3n) is 4.09. The van der Waals surface area contributed by atoms with Crippen LogP contribution in [0, 0.1) is 0 Å². The molecule has 0 fully saturated rings. The van der Waals surface area contributed by atoms with Gasteiger partial charge in [0.05, 0.1) is 12.4 Å². The number of hydrogen-bond acceptors (Lipinski definition) is 6. The number of benzene rings is 1. The maximum Gasteiger partial charge on any atom is 0.321 e. The molecule has 152 valence electrons. The van der Waals surface area contributed by atoms with E-state index in [9.17, 15) is 9.59 Å². The Morgan fingerprint density at radius 3 is 2.68 bits per heavy atom. The summed E-state index contributed by atoms with van der Waals surface area (Å²) in [6.45, 7) is 4.94. The number of carbonyl (C=O) groups excluding carboxylic acids is 2. The molecular weight excluding hydrogens is 378 g/mol. The summed E-state index contributed by atoms with van der Waals surface area (Å²) >= 11 is 1.25. The summed E-state index contributed by atoms with van der Waals surface area (Å²) in [6, 6.07) is 9.53. The maximum absolute atomic E-state index is 12.0. The number of thioether (sulfide) groups is 1. The van der Waals surface area contributed by atoms with Gasteiger partial charge >= 0.3 is 6.03 Å². The summed E-state index contributed by atoms with van der Waals surface area (Å²) in [6.07, 6.45) is 1.44. The number of aromatic nitrogens is 3. The van der Waals surface area contributed by atoms with Gasteiger partial charge in [-0.15, -0.1) is 10.2 Å². The molecule has 1 aromatic carbocycles. The van der Waals surface area contributed by atoms with Crippen LogP contribution in [0.1, 0.15) is 31.7 Å². The quantitative estimate of drug-likeness (QED) is 0.588. The Kier molecular flexibility index (Phi) is 8.96. The molecule has 9 heteroatoms. The molecule has 0 saturated carbocycles. The predicted molar refractivity (Wildman–Crippen MR) is 108 cm³/mol. The van der Waals surface area contributed by atoms with Gasteiger partial charge in [-0.2, -0.15) is 0 Å². The zero-order chi connectivity index (χ0) is 20.4. The van der Waals surface area contributed by atoms with Crippen molar-refractivity contribution in [1.29, 1.82) is 0 Å². The molecular formula is C19H27N5O3S. The van der Waals surface area contributed by atoms with Crippen molar-refractivity contribution in [2.75, 3.05) is 19.5 Å². The fourth-order valence-corrected chi connectivity index (χ4v) is 3.18. The van der Waals surface area contributed by atoms with Crippen molar-refractivity contribution in [3.05, 3.63) is 41.7 Å². The topological polar surface area (TPSA) is 98.1 Å². The van der Waals surface area contributed by atoms with Gasteiger partial charge in [-0.05, 0) is 18.9 Å². The largest absolute Gasteiger partial charge is 0.383 e. The van der Waals surface area contributed by atoms with Crippen molar-refractivity contribution < 1.29 is 14.3 Å². The average molecular weight is 406 g/mol. The molecule has 0 bridgehead atoms. The van der Waals surface area contributed by atoms with E-state index in [-0.39, 0.29) is 17.7 Å². The summed E-state index contributed by atoms with van der Waals surface area (Å²) in [7, 11) is 1.64. The SMILES string of the molecule is CC[C@@H](C)NC(=O)NC(=O)CSc1nnc(Cc2ccccc2)n1CCOC. The summed E-state index contributed by atoms with van der Waals surface area (Å²) in [5, 5.41) is 14.2. The Hall–Kier alpha value is -2.39. The highest BCUT2D eigenvalue weighted by Crippen LogP contribution is 2.18. The van der Waals surface area contributed by atoms with Crippen LogP contribution in [0.15, 0.2) is 35.5 Å². The highest BCUT2D eigenvalue weighted by atomic mass is 32.2. The molecule has 0 unspecified atom stereocenters. The molecule has 0 aliphatic heterocycles. The van der Waals surface area contributed by atoms with Gasteiger partial charge in [0.15, 0.2) is 5.16 Å². The molecule has 0 spiro atoms. The van der Waals surface area contributed by atoms with E-state index in [1.54, 1.807) is 7.11 Å². The molecule has 1 aromatic heterocycles. The van der Waals surface area contributed by atoms with Crippen molar-refractivity contribution in [1.82, 2.24) is 25.4 Å². The van der Waals surface area contributed by atoms with E-state index in [1.165, 1.54) is 11.8 Å². The van der Waals surface area contributed by atoms with Gasteiger partial charge in [0.1, 0.15) is 5.82 Å². The number of urea groups is 1. The van der Waals surface area contributed by atoms with Crippen LogP contribution in [-0.4, -0.2) is 52.2 Å². The third-order valence-corrected chi connectivity index (χ3v) is 5.06. The van der Waals surface area contributed by atoms with Gasteiger partial charge in [0.2, 0.25) is 5.91 Å². The summed E-state index contributed by atoms with van der Waals surface area (Å²) in [4.78, 5) is 23.8. The van der Waals surface area contributed by atoms with E-state index in [4.69, 9.17) is 4.74 Å². The number of ether oxygens (including phenoxy) is 1. The molecule has 2 aromatic rings. The summed E-state index contributed by atoms with van der Waals surface area (Å²) in [5.41, 5.74) is 1.13. The Morgan fingerprint density at radius 2 is 2.00 bits per heavy atom. The second-order valence-corrected chi connectivity index (χ2v) is 7.27. The summed E-state index contributed by atoms with van der Waals surface area (Å²) in [5.74, 6) is 0.502. The van der Waals surface area contributed by atoms with Gasteiger partial charge in [0, 0.05) is 26.1 Å². The number of nitrogens with one attached hydrogen (secondary N) is 2. The van der Waals surface area contributed by atoms with Crippen LogP contribution in [0.2, 0.25) is 0 Å². The van der Waals surface area contributed by atoms with E-state index in [2.05, 4.69) is 20.8 Å². The number of imide groups is 1. The van der Waals surface area contributed by atoms with Gasteiger partial charge in [0.25, 0.3) is 0 Å². The first-order chi connectivity index (χ1) is 13.5. The molecule has 1 heterocycles. The minimum absolute atomic E-state index is 0.0122. The molecule has 0 radical (unpaired) electrons. The minimum atomic E-state index is -0.481. The van der Waals surface area contributed by atoms with Gasteiger partial charge < -0.3 is 14.6 Å². The number of hydrogen-bond donors (Lipinski definition) is 2. The number of amides is 3. The van der Waals surface area contributed by atoms with Gasteiger partial charge in [-0.25, -0.2) is 4.79 Å². The Balaban J connectivity index is 1.98. The molecule has 0 aliphatic carbocycles. The zero-order valence-electron chi connectivity index (χ0n) is 16.5. The second kappa shape index (κ2) is 11.5. The van der Waals surface area contributed by atoms with E-state index < -0.39 is 6.03 Å². The molecule has 3 amide bonds. The summed E-state index contributed by atoms with van der Waals surface area (Å²) < 4.78 is 7.14. The van der Waals surface area contributed by atoms with Crippen molar-refractivity contribution in [3.8, 4) is 0 Å². The molecule has 1 atom stereocenters. The maximum atomic E-state index is 12.0. The van der Waals surface area contributed by atoms with E-state index in [0.29, 0.717) is 24.7 Å². The lowest BCUT2D eigenvalue weighted by molar-refractivity contribution is -0.117. The van der Waals surface area contributed by atoms with Crippen LogP contribution in [0.4, 0.5) is 4.79 Å². The van der Waals surface area contributed by atoms with E-state index in [0.717, 1.165) is 17.8 Å². The first kappa shape index (κ1) is 21.9. The second-order valence-electron chi connectivity index (χ2n) is 6.33. The molecule has 0 saturated heterocycles. The molecule has 0 aliphatic rings. The van der Waals surface area contributed by atoms with Crippen LogP contribution >= 0.6 is 11.8 Å². The normalized spacial score (nSPS) is 11.8. The van der Waals surface area contributed by atoms with Crippen molar-refractivity contribution >= 4 is 23.7 Å². The third kappa shape index (κ3) is 6.97. The van der Waals surface area contributed by atoms with Crippen molar-refractivity contribution in [2.24, 2.45) is 0 Å². The first-order valence-corrected chi connectivity index (χ1v) is 10.2. The van der Waals surface area contributed by atoms with Gasteiger partial charge in [-0.1, -0.05) is 49.0 Å². The number of rotatable bonds is 10. The van der Waals surface area contributed by atoms with Crippen molar-refractivity contribution in [3.63, 3.8) is 0 Å². The van der Waals surface area contributed by atoms with E-state index in [1.807, 2.05) is 48.7 Å². The van der Waals surface area contributed by atoms with Crippen LogP contribution < -0.4 is 10.6 Å². The highest BCUT2D eigenvalue weighted by Gasteiger charge is 2.16. The average Bonchev–Trinajstić information content (AvgIpc) is 3.06. The lowest BCUT2D eigenvalue weighted by Crippen LogP contribution is -2.43. The number of carbonyl (C=O) groups is 2. The van der Waals surface area contributed by atoms with Gasteiger partial charge in [-0.3, -0.25) is 10.1 Å². The Labute approximate surface area is 169 Å². The van der Waals surface area contributed by atoms with Crippen LogP contribution in [0.3, 0.4) is 0 Å². The zero-order valence-corrected chi connectivity index (χ0v) is 17.3. The van der Waals surface area contributed by atoms with Crippen LogP contribution in [0.5, 0.6) is 0 Å². The highest BCUT2D eigenvalue weighted by molar-refractivity contribution is 7.99. The smallest absolute Gasteiger partial charge is 0.321 e. The standard InChI is InChI=1S/C19H27N5O3S/c1-4-14(2)20-18(26)21-17(25)13-28-19-23-22-16(24(19)10-11-27-3)12-15-8-6-5-7-9-15/h5-9,14H,4,10-13H2,1-3H3,(H2,20,21,25,26)/t14-/m1/s1. The molecule has 2 N–H and O–H groups in total. The number of nitrogens with zero attached hydrogens (tertiary/aromatic N) is 3. The van der Waals surface area contributed by atoms with Crippen LogP contribution in [-0.2, 0) is 22.5 Å². The number of methoxy groups -OCH3 is 1. The fourth-order valence-electron chi connectivity index (χ4n) is 2.40. The fraction of sp³-hybridized carbons (Fsp3) is 0.474. The predicted octanol–water partition coefficient (Wildman–Crippen LogP) is 2.23. The van der Waals surface area contributed by atoms with Crippen molar-refractivity contribution in [2.45, 2.75) is 44.4 Å². The molecule has 8 nitrogen and oxygen atoms in total. The Bertz CT molecular complexity index is 766. The lowest BCUT2D eigenvalue weighted by atomic mass is 10.1. The molecule has 2 rings (SSSR count). The van der Waals surface area contributed by atoms with Crippen LogP contribution in [0.25, 0.3) is 0 Å². The Morgan fingerprint density at radius 1 is 1.25 bits per heavy atom. The molecule has 28 heavy (non-hydrogen) atoms.